The van der Waals surface area contributed by atoms with Gasteiger partial charge in [0, 0.05) is 0 Å². The summed E-state index contributed by atoms with van der Waals surface area (Å²) in [6, 6.07) is -3.76. The molecule has 1 saturated heterocycles. The Bertz CT molecular complexity index is 759. The molecule has 0 radical (unpaired) electrons. The number of nitrogens with one attached hydrogen (secondary N) is 3. The first kappa shape index (κ1) is 33.8. The number of cyclic esters (lactones) is 1. The SMILES string of the molecule is CCCCCCCCCC[C@@H](C)[C@H]1OC(=O)[C@@H](CO)NC(=O)[C@@H]([C@@H](C)O)NC(=O)[C@@H](C(C)C)NC(=O)[C@H]1C. The zero-order valence-electron chi connectivity index (χ0n) is 24.1. The lowest BCUT2D eigenvalue weighted by atomic mass is 9.88. The van der Waals surface area contributed by atoms with E-state index in [1.807, 2.05) is 6.92 Å². The first-order valence-electron chi connectivity index (χ1n) is 14.3. The number of hydrogen-bond acceptors (Lipinski definition) is 7. The van der Waals surface area contributed by atoms with Crippen LogP contribution in [0.3, 0.4) is 0 Å². The van der Waals surface area contributed by atoms with Gasteiger partial charge in [-0.25, -0.2) is 4.79 Å². The van der Waals surface area contributed by atoms with Gasteiger partial charge in [0.05, 0.1) is 18.6 Å². The van der Waals surface area contributed by atoms with Gasteiger partial charge in [-0.05, 0) is 25.2 Å². The summed E-state index contributed by atoms with van der Waals surface area (Å²) >= 11 is 0. The third-order valence-electron chi connectivity index (χ3n) is 7.33. The van der Waals surface area contributed by atoms with E-state index >= 15 is 0 Å². The lowest BCUT2D eigenvalue weighted by molar-refractivity contribution is -0.162. The maximum atomic E-state index is 13.3. The van der Waals surface area contributed by atoms with Gasteiger partial charge < -0.3 is 30.9 Å². The van der Waals surface area contributed by atoms with E-state index in [1.165, 1.54) is 39.0 Å². The van der Waals surface area contributed by atoms with E-state index in [1.54, 1.807) is 20.8 Å². The minimum Gasteiger partial charge on any atom is -0.460 e. The molecule has 220 valence electrons. The topological polar surface area (TPSA) is 154 Å². The summed E-state index contributed by atoms with van der Waals surface area (Å²) in [5.41, 5.74) is 0. The molecule has 1 heterocycles. The van der Waals surface area contributed by atoms with Gasteiger partial charge in [-0.1, -0.05) is 86.0 Å². The molecule has 1 aliphatic rings. The third-order valence-corrected chi connectivity index (χ3v) is 7.33. The van der Waals surface area contributed by atoms with Gasteiger partial charge in [-0.2, -0.15) is 0 Å². The Labute approximate surface area is 228 Å². The lowest BCUT2D eigenvalue weighted by Crippen LogP contribution is -2.60. The highest BCUT2D eigenvalue weighted by Crippen LogP contribution is 2.24. The molecule has 0 aliphatic carbocycles. The van der Waals surface area contributed by atoms with Crippen molar-refractivity contribution in [2.45, 2.75) is 130 Å². The molecule has 3 amide bonds. The van der Waals surface area contributed by atoms with E-state index < -0.39 is 66.5 Å². The summed E-state index contributed by atoms with van der Waals surface area (Å²) in [5, 5.41) is 27.5. The number of carbonyl (C=O) groups excluding carboxylic acids is 4. The Morgan fingerprint density at radius 2 is 1.32 bits per heavy atom. The molecule has 0 aromatic heterocycles. The molecule has 0 aromatic rings. The smallest absolute Gasteiger partial charge is 0.331 e. The second-order valence-electron chi connectivity index (χ2n) is 11.1. The molecule has 1 aliphatic heterocycles. The summed E-state index contributed by atoms with van der Waals surface area (Å²) in [7, 11) is 0. The molecule has 10 heteroatoms. The van der Waals surface area contributed by atoms with Crippen LogP contribution in [-0.4, -0.2) is 70.8 Å². The van der Waals surface area contributed by atoms with E-state index in [0.29, 0.717) is 0 Å². The number of hydrogen-bond donors (Lipinski definition) is 5. The molecule has 0 saturated carbocycles. The van der Waals surface area contributed by atoms with Gasteiger partial charge in [0.2, 0.25) is 17.7 Å². The van der Waals surface area contributed by atoms with Gasteiger partial charge in [-0.15, -0.1) is 0 Å². The van der Waals surface area contributed by atoms with Gasteiger partial charge >= 0.3 is 5.97 Å². The molecule has 5 N–H and O–H groups in total. The van der Waals surface area contributed by atoms with Gasteiger partial charge in [0.25, 0.3) is 0 Å². The highest BCUT2D eigenvalue weighted by atomic mass is 16.5. The van der Waals surface area contributed by atoms with Crippen molar-refractivity contribution in [2.24, 2.45) is 17.8 Å². The van der Waals surface area contributed by atoms with Crippen molar-refractivity contribution in [3.05, 3.63) is 0 Å². The first-order valence-corrected chi connectivity index (χ1v) is 14.3. The van der Waals surface area contributed by atoms with Crippen LogP contribution in [-0.2, 0) is 23.9 Å². The number of carbonyl (C=O) groups is 4. The Hall–Kier alpha value is -2.20. The third kappa shape index (κ3) is 10.9. The number of esters is 1. The fourth-order valence-electron chi connectivity index (χ4n) is 4.75. The van der Waals surface area contributed by atoms with E-state index in [9.17, 15) is 29.4 Å². The fourth-order valence-corrected chi connectivity index (χ4v) is 4.75. The summed E-state index contributed by atoms with van der Waals surface area (Å²) < 4.78 is 5.76. The quantitative estimate of drug-likeness (QED) is 0.177. The Morgan fingerprint density at radius 1 is 0.789 bits per heavy atom. The highest BCUT2D eigenvalue weighted by Gasteiger charge is 2.39. The van der Waals surface area contributed by atoms with Crippen molar-refractivity contribution in [1.82, 2.24) is 16.0 Å². The standard InChI is InChI=1S/C28H51N3O7/c1-7-8-9-10-11-12-13-14-15-18(4)24-19(5)25(34)30-22(17(2)3)26(35)31-23(20(6)33)27(36)29-21(16-32)28(37)38-24/h17-24,32-33H,7-16H2,1-6H3,(H,29,36)(H,30,34)(H,31,35)/t18-,19+,20-,21-,22-,23-,24-/m1/s1. The maximum Gasteiger partial charge on any atom is 0.331 e. The fraction of sp³-hybridized carbons (Fsp3) is 0.857. The average Bonchev–Trinajstić information content (AvgIpc) is 2.87. The van der Waals surface area contributed by atoms with Crippen LogP contribution in [0.15, 0.2) is 0 Å². The molecule has 1 fully saturated rings. The van der Waals surface area contributed by atoms with Crippen LogP contribution in [0.2, 0.25) is 0 Å². The van der Waals surface area contributed by atoms with Crippen LogP contribution in [0.25, 0.3) is 0 Å². The number of aliphatic hydroxyl groups excluding tert-OH is 2. The number of aliphatic hydroxyl groups is 2. The van der Waals surface area contributed by atoms with Crippen molar-refractivity contribution in [3.8, 4) is 0 Å². The van der Waals surface area contributed by atoms with Crippen LogP contribution in [0, 0.1) is 17.8 Å². The molecule has 0 bridgehead atoms. The second-order valence-corrected chi connectivity index (χ2v) is 11.1. The van der Waals surface area contributed by atoms with Gasteiger partial charge in [0.15, 0.2) is 6.04 Å². The predicted octanol–water partition coefficient (Wildman–Crippen LogP) is 2.20. The summed E-state index contributed by atoms with van der Waals surface area (Å²) in [5.74, 6) is -4.05. The van der Waals surface area contributed by atoms with Crippen molar-refractivity contribution in [3.63, 3.8) is 0 Å². The van der Waals surface area contributed by atoms with Crippen LogP contribution in [0.4, 0.5) is 0 Å². The number of rotatable bonds is 13. The molecule has 0 unspecified atom stereocenters. The van der Waals surface area contributed by atoms with E-state index in [0.717, 1.165) is 25.7 Å². The van der Waals surface area contributed by atoms with E-state index in [4.69, 9.17) is 4.74 Å². The summed E-state index contributed by atoms with van der Waals surface area (Å²) in [6.45, 7) is 9.87. The summed E-state index contributed by atoms with van der Waals surface area (Å²) in [4.78, 5) is 52.1. The highest BCUT2D eigenvalue weighted by molar-refractivity contribution is 5.94. The monoisotopic (exact) mass is 541 g/mol. The Kier molecular flexibility index (Phi) is 15.5. The normalized spacial score (nSPS) is 27.2. The molecule has 1 rings (SSSR count). The molecular formula is C28H51N3O7. The molecule has 0 spiro atoms. The number of ether oxygens (including phenoxy) is 1. The molecule has 38 heavy (non-hydrogen) atoms. The number of unbranched alkanes of at least 4 members (excludes halogenated alkanes) is 7. The molecular weight excluding hydrogens is 490 g/mol. The van der Waals surface area contributed by atoms with Crippen molar-refractivity contribution in [1.29, 1.82) is 0 Å². The first-order chi connectivity index (χ1) is 17.9. The van der Waals surface area contributed by atoms with Crippen LogP contribution in [0.5, 0.6) is 0 Å². The second kappa shape index (κ2) is 17.4. The van der Waals surface area contributed by atoms with Crippen LogP contribution in [0.1, 0.15) is 99.3 Å². The Morgan fingerprint density at radius 3 is 1.84 bits per heavy atom. The molecule has 0 aromatic carbocycles. The predicted molar refractivity (Wildman–Crippen MR) is 145 cm³/mol. The van der Waals surface area contributed by atoms with Gasteiger partial charge in [-0.3, -0.25) is 14.4 Å². The molecule has 7 atom stereocenters. The maximum absolute atomic E-state index is 13.3. The number of amides is 3. The minimum absolute atomic E-state index is 0.170. The zero-order chi connectivity index (χ0) is 28.8. The van der Waals surface area contributed by atoms with Crippen molar-refractivity contribution in [2.75, 3.05) is 6.61 Å². The molecule has 10 nitrogen and oxygen atoms in total. The van der Waals surface area contributed by atoms with Gasteiger partial charge in [0.1, 0.15) is 18.2 Å². The van der Waals surface area contributed by atoms with Crippen LogP contribution >= 0.6 is 0 Å². The zero-order valence-corrected chi connectivity index (χ0v) is 24.1. The van der Waals surface area contributed by atoms with E-state index in [2.05, 4.69) is 22.9 Å². The Balaban J connectivity index is 3.10. The van der Waals surface area contributed by atoms with Crippen LogP contribution < -0.4 is 16.0 Å². The summed E-state index contributed by atoms with van der Waals surface area (Å²) in [6.07, 6.45) is 7.88. The lowest BCUT2D eigenvalue weighted by Gasteiger charge is -2.31. The largest absolute Gasteiger partial charge is 0.460 e. The van der Waals surface area contributed by atoms with Crippen molar-refractivity contribution < 1.29 is 34.1 Å². The minimum atomic E-state index is -1.41. The van der Waals surface area contributed by atoms with E-state index in [-0.39, 0.29) is 11.8 Å². The van der Waals surface area contributed by atoms with Crippen molar-refractivity contribution >= 4 is 23.7 Å². The average molecular weight is 542 g/mol.